The summed E-state index contributed by atoms with van der Waals surface area (Å²) in [7, 11) is 0. The summed E-state index contributed by atoms with van der Waals surface area (Å²) < 4.78 is 5.31. The molecule has 4 rings (SSSR count). The third kappa shape index (κ3) is 1.72. The van der Waals surface area contributed by atoms with Crippen LogP contribution in [0.25, 0.3) is 0 Å². The number of fused-ring (bicyclic) bond motifs is 5. The van der Waals surface area contributed by atoms with Crippen molar-refractivity contribution in [1.82, 2.24) is 0 Å². The summed E-state index contributed by atoms with van der Waals surface area (Å²) in [6.07, 6.45) is 10.3. The normalized spacial score (nSPS) is 31.5. The smallest absolute Gasteiger partial charge is 0.238 e. The molecule has 0 aromatic heterocycles. The monoisotopic (exact) mass is 293 g/mol. The molecule has 4 atom stereocenters. The molecule has 1 heterocycles. The summed E-state index contributed by atoms with van der Waals surface area (Å²) in [6, 6.07) is 6.93. The summed E-state index contributed by atoms with van der Waals surface area (Å²) in [5.74, 6) is 3.02. The van der Waals surface area contributed by atoms with Gasteiger partial charge in [0.25, 0.3) is 0 Å². The van der Waals surface area contributed by atoms with Crippen molar-refractivity contribution in [2.45, 2.75) is 6.42 Å². The zero-order valence-electron chi connectivity index (χ0n) is 11.9. The number of terminal acetylenes is 1. The number of hydrogen-bond donors (Lipinski definition) is 0. The lowest BCUT2D eigenvalue weighted by molar-refractivity contribution is -0.123. The first-order valence-corrected chi connectivity index (χ1v) is 7.43. The number of rotatable bonds is 3. The first-order chi connectivity index (χ1) is 10.7. The fourth-order valence-corrected chi connectivity index (χ4v) is 3.97. The van der Waals surface area contributed by atoms with Crippen LogP contribution in [0.5, 0.6) is 5.75 Å². The molecule has 0 N–H and O–H groups in total. The number of carbonyl (C=O) groups excluding carboxylic acids is 2. The van der Waals surface area contributed by atoms with E-state index in [0.29, 0.717) is 11.4 Å². The van der Waals surface area contributed by atoms with Gasteiger partial charge in [0.2, 0.25) is 11.8 Å². The average Bonchev–Trinajstić information content (AvgIpc) is 3.20. The Morgan fingerprint density at radius 3 is 2.23 bits per heavy atom. The lowest BCUT2D eigenvalue weighted by Crippen LogP contribution is -2.32. The van der Waals surface area contributed by atoms with Crippen LogP contribution in [0, 0.1) is 36.0 Å². The second-order valence-electron chi connectivity index (χ2n) is 6.00. The standard InChI is InChI=1S/C18H15NO3/c1-2-9-22-14-7-5-13(6-8-14)19-17(20)15-11-3-4-12(10-11)16(15)18(19)21/h1,3-8,11-12,15-16H,9-10H2. The van der Waals surface area contributed by atoms with Gasteiger partial charge in [-0.25, -0.2) is 0 Å². The van der Waals surface area contributed by atoms with Gasteiger partial charge in [-0.05, 0) is 42.5 Å². The number of allylic oxidation sites excluding steroid dienone is 2. The van der Waals surface area contributed by atoms with Crippen LogP contribution in [-0.4, -0.2) is 18.4 Å². The van der Waals surface area contributed by atoms with E-state index in [4.69, 9.17) is 11.2 Å². The van der Waals surface area contributed by atoms with Crippen LogP contribution >= 0.6 is 0 Å². The van der Waals surface area contributed by atoms with Gasteiger partial charge in [0.05, 0.1) is 17.5 Å². The van der Waals surface area contributed by atoms with E-state index >= 15 is 0 Å². The first-order valence-electron chi connectivity index (χ1n) is 7.43. The molecule has 0 spiro atoms. The van der Waals surface area contributed by atoms with Crippen LogP contribution < -0.4 is 9.64 Å². The van der Waals surface area contributed by atoms with Crippen LogP contribution in [0.2, 0.25) is 0 Å². The average molecular weight is 293 g/mol. The van der Waals surface area contributed by atoms with Gasteiger partial charge in [-0.3, -0.25) is 14.5 Å². The number of amides is 2. The predicted molar refractivity (Wildman–Crippen MR) is 81.0 cm³/mol. The highest BCUT2D eigenvalue weighted by molar-refractivity contribution is 6.22. The van der Waals surface area contributed by atoms with Crippen molar-refractivity contribution >= 4 is 17.5 Å². The fourth-order valence-electron chi connectivity index (χ4n) is 3.97. The maximum atomic E-state index is 12.7. The van der Waals surface area contributed by atoms with E-state index < -0.39 is 0 Å². The minimum Gasteiger partial charge on any atom is -0.481 e. The van der Waals surface area contributed by atoms with Gasteiger partial charge in [-0.2, -0.15) is 0 Å². The zero-order valence-corrected chi connectivity index (χ0v) is 11.9. The lowest BCUT2D eigenvalue weighted by atomic mass is 9.85. The van der Waals surface area contributed by atoms with Crippen LogP contribution in [0.1, 0.15) is 6.42 Å². The molecule has 2 fully saturated rings. The van der Waals surface area contributed by atoms with Crippen molar-refractivity contribution in [1.29, 1.82) is 0 Å². The summed E-state index contributed by atoms with van der Waals surface area (Å²) in [5, 5.41) is 0. The predicted octanol–water partition coefficient (Wildman–Crippen LogP) is 2.01. The molecular formula is C18H15NO3. The van der Waals surface area contributed by atoms with Gasteiger partial charge >= 0.3 is 0 Å². The number of hydrogen-bond acceptors (Lipinski definition) is 3. The maximum absolute atomic E-state index is 12.7. The second-order valence-corrected chi connectivity index (χ2v) is 6.00. The molecule has 4 heteroatoms. The maximum Gasteiger partial charge on any atom is 0.238 e. The van der Waals surface area contributed by atoms with Crippen LogP contribution in [0.15, 0.2) is 36.4 Å². The van der Waals surface area contributed by atoms with Crippen LogP contribution in [0.4, 0.5) is 5.69 Å². The summed E-state index contributed by atoms with van der Waals surface area (Å²) in [4.78, 5) is 26.7. The topological polar surface area (TPSA) is 46.6 Å². The van der Waals surface area contributed by atoms with E-state index in [0.717, 1.165) is 6.42 Å². The highest BCUT2D eigenvalue weighted by Crippen LogP contribution is 2.53. The Bertz CT molecular complexity index is 683. The number of ether oxygens (including phenoxy) is 1. The van der Waals surface area contributed by atoms with Gasteiger partial charge in [-0.15, -0.1) is 6.42 Å². The minimum absolute atomic E-state index is 0.0656. The van der Waals surface area contributed by atoms with Gasteiger partial charge in [0.15, 0.2) is 0 Å². The summed E-state index contributed by atoms with van der Waals surface area (Å²) in [5.41, 5.74) is 0.608. The highest BCUT2D eigenvalue weighted by atomic mass is 16.5. The number of anilines is 1. The quantitative estimate of drug-likeness (QED) is 0.486. The van der Waals surface area contributed by atoms with E-state index in [9.17, 15) is 9.59 Å². The fraction of sp³-hybridized carbons (Fsp3) is 0.333. The van der Waals surface area contributed by atoms with Gasteiger partial charge in [0.1, 0.15) is 12.4 Å². The number of imide groups is 1. The molecule has 1 aromatic rings. The van der Waals surface area contributed by atoms with Crippen molar-refractivity contribution in [3.05, 3.63) is 36.4 Å². The summed E-state index contributed by atoms with van der Waals surface area (Å²) in [6.45, 7) is 0.195. The number of carbonyl (C=O) groups is 2. The molecule has 1 saturated carbocycles. The Morgan fingerprint density at radius 2 is 1.68 bits per heavy atom. The minimum atomic E-state index is -0.167. The highest BCUT2D eigenvalue weighted by Gasteiger charge is 2.59. The number of nitrogens with zero attached hydrogens (tertiary/aromatic N) is 1. The lowest BCUT2D eigenvalue weighted by Gasteiger charge is -2.17. The molecule has 2 bridgehead atoms. The molecule has 4 unspecified atom stereocenters. The molecule has 2 aliphatic carbocycles. The van der Waals surface area contributed by atoms with Gasteiger partial charge in [0, 0.05) is 0 Å². The molecule has 1 saturated heterocycles. The van der Waals surface area contributed by atoms with Crippen LogP contribution in [-0.2, 0) is 9.59 Å². The Balaban J connectivity index is 1.60. The Kier molecular flexibility index (Phi) is 2.83. The largest absolute Gasteiger partial charge is 0.481 e. The van der Waals surface area contributed by atoms with Crippen molar-refractivity contribution in [2.24, 2.45) is 23.7 Å². The Morgan fingerprint density at radius 1 is 1.09 bits per heavy atom. The Hall–Kier alpha value is -2.54. The molecule has 22 heavy (non-hydrogen) atoms. The van der Waals surface area contributed by atoms with Gasteiger partial charge < -0.3 is 4.74 Å². The second kappa shape index (κ2) is 4.74. The van der Waals surface area contributed by atoms with Crippen LogP contribution in [0.3, 0.4) is 0 Å². The van der Waals surface area contributed by atoms with E-state index in [1.54, 1.807) is 24.3 Å². The van der Waals surface area contributed by atoms with E-state index in [1.807, 2.05) is 0 Å². The van der Waals surface area contributed by atoms with Crippen molar-refractivity contribution < 1.29 is 14.3 Å². The third-order valence-electron chi connectivity index (χ3n) is 4.89. The molecule has 3 aliphatic rings. The van der Waals surface area contributed by atoms with E-state index in [-0.39, 0.29) is 42.1 Å². The molecule has 0 radical (unpaired) electrons. The van der Waals surface area contributed by atoms with E-state index in [1.165, 1.54) is 4.90 Å². The zero-order chi connectivity index (χ0) is 15.3. The third-order valence-corrected chi connectivity index (χ3v) is 4.89. The molecule has 110 valence electrons. The molecule has 1 aromatic carbocycles. The molecule has 1 aliphatic heterocycles. The van der Waals surface area contributed by atoms with Crippen molar-refractivity contribution in [3.8, 4) is 18.1 Å². The summed E-state index contributed by atoms with van der Waals surface area (Å²) >= 11 is 0. The molecule has 4 nitrogen and oxygen atoms in total. The first kappa shape index (κ1) is 13.1. The van der Waals surface area contributed by atoms with Crippen molar-refractivity contribution in [2.75, 3.05) is 11.5 Å². The molecule has 2 amide bonds. The van der Waals surface area contributed by atoms with Crippen molar-refractivity contribution in [3.63, 3.8) is 0 Å². The van der Waals surface area contributed by atoms with E-state index in [2.05, 4.69) is 18.1 Å². The van der Waals surface area contributed by atoms with Gasteiger partial charge in [-0.1, -0.05) is 18.1 Å². The SMILES string of the molecule is C#CCOc1ccc(N2C(=O)C3C4C=CC(C4)C3C2=O)cc1. The Labute approximate surface area is 128 Å². The number of benzene rings is 1. The molecular weight excluding hydrogens is 278 g/mol.